The number of carbonyl (C=O) groups excluding carboxylic acids is 4. The first-order valence-corrected chi connectivity index (χ1v) is 13.1. The summed E-state index contributed by atoms with van der Waals surface area (Å²) in [5, 5.41) is -0.291. The minimum atomic E-state index is -0.786. The average molecular weight is 629 g/mol. The monoisotopic (exact) mass is 626 g/mol. The second-order valence-corrected chi connectivity index (χ2v) is 10.5. The lowest BCUT2D eigenvalue weighted by Gasteiger charge is -2.19. The maximum atomic E-state index is 13.2. The van der Waals surface area contributed by atoms with Crippen LogP contribution in [0.3, 0.4) is 0 Å². The Balaban J connectivity index is 1.37. The molecule has 13 heteroatoms. The summed E-state index contributed by atoms with van der Waals surface area (Å²) < 4.78 is 10.8. The molecule has 3 aromatic rings. The van der Waals surface area contributed by atoms with Crippen molar-refractivity contribution in [2.75, 3.05) is 23.5 Å². The van der Waals surface area contributed by atoms with Crippen molar-refractivity contribution < 1.29 is 28.7 Å². The van der Waals surface area contributed by atoms with E-state index in [1.807, 2.05) is 0 Å². The van der Waals surface area contributed by atoms with Crippen molar-refractivity contribution in [3.05, 3.63) is 78.7 Å². The van der Waals surface area contributed by atoms with Crippen LogP contribution in [0.5, 0.6) is 11.5 Å². The third kappa shape index (κ3) is 4.70. The number of fused-ring (bicyclic) bond motifs is 1. The number of nitrogens with zero attached hydrogens (tertiary/aromatic N) is 2. The SMILES string of the molecule is COc1ccc(Cl)cc1N1C[C@H](C(=O)Oc2cccc(N3C(=O)c4c(Cl)c(Cl)c(Cl)c(Cl)c4C3=O)c2)CC1=O. The van der Waals surface area contributed by atoms with Gasteiger partial charge in [-0.05, 0) is 30.3 Å². The van der Waals surface area contributed by atoms with Crippen LogP contribution in [0, 0.1) is 5.92 Å². The van der Waals surface area contributed by atoms with Crippen molar-refractivity contribution >= 4 is 93.1 Å². The molecule has 39 heavy (non-hydrogen) atoms. The van der Waals surface area contributed by atoms with Crippen molar-refractivity contribution in [3.8, 4) is 11.5 Å². The Hall–Kier alpha value is -3.01. The van der Waals surface area contributed by atoms with E-state index >= 15 is 0 Å². The van der Waals surface area contributed by atoms with Crippen LogP contribution < -0.4 is 19.3 Å². The van der Waals surface area contributed by atoms with Crippen molar-refractivity contribution in [2.24, 2.45) is 5.92 Å². The van der Waals surface area contributed by atoms with Gasteiger partial charge >= 0.3 is 5.97 Å². The number of methoxy groups -OCH3 is 1. The average Bonchev–Trinajstić information content (AvgIpc) is 3.42. The molecule has 1 fully saturated rings. The highest BCUT2D eigenvalue weighted by atomic mass is 35.5. The van der Waals surface area contributed by atoms with Gasteiger partial charge in [0.15, 0.2) is 0 Å². The van der Waals surface area contributed by atoms with Crippen LogP contribution in [0.15, 0.2) is 42.5 Å². The summed E-state index contributed by atoms with van der Waals surface area (Å²) in [4.78, 5) is 54.3. The lowest BCUT2D eigenvalue weighted by atomic mass is 10.1. The highest BCUT2D eigenvalue weighted by Gasteiger charge is 2.43. The summed E-state index contributed by atoms with van der Waals surface area (Å²) in [6, 6.07) is 10.6. The number of esters is 1. The minimum Gasteiger partial charge on any atom is -0.495 e. The molecule has 0 unspecified atom stereocenters. The Morgan fingerprint density at radius 2 is 1.51 bits per heavy atom. The molecular formula is C26H15Cl5N2O6. The molecule has 0 spiro atoms. The van der Waals surface area contributed by atoms with Gasteiger partial charge in [0.25, 0.3) is 11.8 Å². The number of hydrogen-bond acceptors (Lipinski definition) is 6. The molecule has 2 aliphatic heterocycles. The first kappa shape index (κ1) is 27.6. The lowest BCUT2D eigenvalue weighted by Crippen LogP contribution is -2.29. The third-order valence-electron chi connectivity index (χ3n) is 6.29. The predicted octanol–water partition coefficient (Wildman–Crippen LogP) is 6.72. The van der Waals surface area contributed by atoms with Crippen LogP contribution in [0.25, 0.3) is 0 Å². The van der Waals surface area contributed by atoms with Crippen LogP contribution in [0.4, 0.5) is 11.4 Å². The van der Waals surface area contributed by atoms with Crippen molar-refractivity contribution in [1.82, 2.24) is 0 Å². The van der Waals surface area contributed by atoms with Gasteiger partial charge in [-0.1, -0.05) is 64.1 Å². The minimum absolute atomic E-state index is 0.0466. The Bertz CT molecular complexity index is 1550. The molecule has 0 saturated carbocycles. The maximum Gasteiger partial charge on any atom is 0.316 e. The molecule has 1 saturated heterocycles. The fourth-order valence-electron chi connectivity index (χ4n) is 4.44. The number of rotatable bonds is 5. The van der Waals surface area contributed by atoms with E-state index in [1.165, 1.54) is 36.3 Å². The highest BCUT2D eigenvalue weighted by molar-refractivity contribution is 6.56. The van der Waals surface area contributed by atoms with Gasteiger partial charge in [0.1, 0.15) is 11.5 Å². The second kappa shape index (κ2) is 10.5. The first-order chi connectivity index (χ1) is 18.5. The zero-order valence-electron chi connectivity index (χ0n) is 19.8. The van der Waals surface area contributed by atoms with E-state index in [0.717, 1.165) is 4.90 Å². The summed E-state index contributed by atoms with van der Waals surface area (Å²) in [7, 11) is 1.46. The molecule has 3 aromatic carbocycles. The fourth-order valence-corrected chi connectivity index (χ4v) is 5.62. The molecule has 0 radical (unpaired) electrons. The predicted molar refractivity (Wildman–Crippen MR) is 148 cm³/mol. The van der Waals surface area contributed by atoms with Gasteiger partial charge in [0, 0.05) is 24.1 Å². The molecule has 0 aliphatic carbocycles. The number of carbonyl (C=O) groups is 4. The van der Waals surface area contributed by atoms with Crippen molar-refractivity contribution in [1.29, 1.82) is 0 Å². The lowest BCUT2D eigenvalue weighted by molar-refractivity contribution is -0.139. The van der Waals surface area contributed by atoms with E-state index in [1.54, 1.807) is 18.2 Å². The van der Waals surface area contributed by atoms with Gasteiger partial charge in [0.05, 0.1) is 55.6 Å². The van der Waals surface area contributed by atoms with Gasteiger partial charge < -0.3 is 14.4 Å². The number of imide groups is 1. The summed E-state index contributed by atoms with van der Waals surface area (Å²) >= 11 is 30.7. The van der Waals surface area contributed by atoms with Gasteiger partial charge in [0.2, 0.25) is 5.91 Å². The smallest absolute Gasteiger partial charge is 0.316 e. The van der Waals surface area contributed by atoms with E-state index in [4.69, 9.17) is 67.5 Å². The Kier molecular flexibility index (Phi) is 7.43. The van der Waals surface area contributed by atoms with Crippen LogP contribution in [-0.2, 0) is 9.59 Å². The summed E-state index contributed by atoms with van der Waals surface area (Å²) in [6.45, 7) is 0.0466. The number of amides is 3. The van der Waals surface area contributed by atoms with E-state index in [-0.39, 0.29) is 61.5 Å². The largest absolute Gasteiger partial charge is 0.495 e. The van der Waals surface area contributed by atoms with Gasteiger partial charge in [-0.15, -0.1) is 0 Å². The van der Waals surface area contributed by atoms with E-state index < -0.39 is 23.7 Å². The van der Waals surface area contributed by atoms with Crippen LogP contribution in [0.2, 0.25) is 25.1 Å². The molecule has 5 rings (SSSR count). The van der Waals surface area contributed by atoms with Crippen LogP contribution >= 0.6 is 58.0 Å². The molecule has 0 bridgehead atoms. The number of anilines is 2. The number of halogens is 5. The summed E-state index contributed by atoms with van der Waals surface area (Å²) in [5.74, 6) is -2.81. The maximum absolute atomic E-state index is 13.2. The number of ether oxygens (including phenoxy) is 2. The molecule has 8 nitrogen and oxygen atoms in total. The van der Waals surface area contributed by atoms with Gasteiger partial charge in [-0.3, -0.25) is 19.2 Å². The first-order valence-electron chi connectivity index (χ1n) is 11.2. The molecule has 3 amide bonds. The second-order valence-electron chi connectivity index (χ2n) is 8.59. The molecule has 0 aromatic heterocycles. The normalized spacial score (nSPS) is 16.7. The summed E-state index contributed by atoms with van der Waals surface area (Å²) in [5.41, 5.74) is 0.183. The molecule has 0 N–H and O–H groups in total. The van der Waals surface area contributed by atoms with Crippen molar-refractivity contribution in [2.45, 2.75) is 6.42 Å². The molecule has 1 atom stereocenters. The molecule has 200 valence electrons. The Morgan fingerprint density at radius 1 is 0.872 bits per heavy atom. The number of hydrogen-bond donors (Lipinski definition) is 0. The topological polar surface area (TPSA) is 93.2 Å². The molecule has 2 aliphatic rings. The zero-order chi connectivity index (χ0) is 28.2. The Morgan fingerprint density at radius 3 is 2.13 bits per heavy atom. The number of benzene rings is 3. The van der Waals surface area contributed by atoms with Crippen molar-refractivity contribution in [3.63, 3.8) is 0 Å². The molecular weight excluding hydrogens is 614 g/mol. The van der Waals surface area contributed by atoms with Gasteiger partial charge in [-0.25, -0.2) is 4.90 Å². The van der Waals surface area contributed by atoms with Crippen LogP contribution in [0.1, 0.15) is 27.1 Å². The molecule has 2 heterocycles. The zero-order valence-corrected chi connectivity index (χ0v) is 23.5. The fraction of sp³-hybridized carbons (Fsp3) is 0.154. The standard InChI is InChI=1S/C26H15Cl5N2O6/c1-38-16-6-5-12(27)8-15(16)32-10-11(7-17(32)34)26(37)39-14-4-2-3-13(9-14)33-24(35)18-19(25(33)36)21(29)23(31)22(30)20(18)28/h2-6,8-9,11H,7,10H2,1H3/t11-/m1/s1. The van der Waals surface area contributed by atoms with E-state index in [2.05, 4.69) is 0 Å². The quantitative estimate of drug-likeness (QED) is 0.102. The third-order valence-corrected chi connectivity index (χ3v) is 8.32. The van der Waals surface area contributed by atoms with Gasteiger partial charge in [-0.2, -0.15) is 0 Å². The summed E-state index contributed by atoms with van der Waals surface area (Å²) in [6.07, 6.45) is -0.0921. The Labute approximate surface area is 246 Å². The van der Waals surface area contributed by atoms with E-state index in [9.17, 15) is 19.2 Å². The highest BCUT2D eigenvalue weighted by Crippen LogP contribution is 2.46. The van der Waals surface area contributed by atoms with E-state index in [0.29, 0.717) is 16.5 Å². The van der Waals surface area contributed by atoms with Crippen LogP contribution in [-0.4, -0.2) is 37.3 Å².